The molecule has 1 atom stereocenters. The molecule has 2 amide bonds. The zero-order valence-electron chi connectivity index (χ0n) is 12.9. The molecule has 1 aliphatic heterocycles. The maximum atomic E-state index is 12.9. The molecular weight excluding hydrogens is 299 g/mol. The molecule has 2 N–H and O–H groups in total. The number of aryl methyl sites for hydroxylation is 2. The fourth-order valence-corrected chi connectivity index (χ4v) is 2.63. The van der Waals surface area contributed by atoms with Gasteiger partial charge in [0.1, 0.15) is 11.9 Å². The Morgan fingerprint density at radius 3 is 2.65 bits per heavy atom. The van der Waals surface area contributed by atoms with Crippen LogP contribution in [0.1, 0.15) is 17.0 Å². The number of hydrogen-bond donors (Lipinski definition) is 2. The highest BCUT2D eigenvalue weighted by atomic mass is 19.1. The molecule has 0 spiro atoms. The van der Waals surface area contributed by atoms with Gasteiger partial charge in [0.2, 0.25) is 5.91 Å². The molecule has 120 valence electrons. The monoisotopic (exact) mass is 316 g/mol. The molecule has 6 nitrogen and oxygen atoms in total. The molecule has 0 unspecified atom stereocenters. The maximum absolute atomic E-state index is 12.9. The first-order valence-electron chi connectivity index (χ1n) is 7.32. The molecule has 0 aliphatic carbocycles. The normalized spacial score (nSPS) is 17.1. The number of aromatic nitrogens is 2. The fraction of sp³-hybridized carbons (Fsp3) is 0.312. The minimum atomic E-state index is -0.528. The van der Waals surface area contributed by atoms with Crippen LogP contribution in [0, 0.1) is 19.7 Å². The van der Waals surface area contributed by atoms with Gasteiger partial charge < -0.3 is 10.2 Å². The summed E-state index contributed by atoms with van der Waals surface area (Å²) in [5, 5.41) is 9.60. The lowest BCUT2D eigenvalue weighted by atomic mass is 10.0. The van der Waals surface area contributed by atoms with E-state index in [0.29, 0.717) is 12.2 Å². The zero-order chi connectivity index (χ0) is 16.6. The van der Waals surface area contributed by atoms with Crippen molar-refractivity contribution >= 4 is 17.5 Å². The summed E-state index contributed by atoms with van der Waals surface area (Å²) in [6.45, 7) is 4.07. The Balaban J connectivity index is 1.57. The third-order valence-electron chi connectivity index (χ3n) is 4.02. The Morgan fingerprint density at radius 2 is 2.09 bits per heavy atom. The molecule has 0 radical (unpaired) electrons. The average molecular weight is 316 g/mol. The maximum Gasteiger partial charge on any atom is 0.251 e. The third-order valence-corrected chi connectivity index (χ3v) is 4.02. The van der Waals surface area contributed by atoms with Crippen molar-refractivity contribution in [1.82, 2.24) is 15.5 Å². The van der Waals surface area contributed by atoms with Gasteiger partial charge in [0.05, 0.1) is 18.7 Å². The van der Waals surface area contributed by atoms with E-state index >= 15 is 0 Å². The van der Waals surface area contributed by atoms with E-state index in [1.54, 1.807) is 12.1 Å². The van der Waals surface area contributed by atoms with Crippen molar-refractivity contribution in [1.29, 1.82) is 0 Å². The van der Waals surface area contributed by atoms with Crippen molar-refractivity contribution in [2.75, 3.05) is 11.4 Å². The average Bonchev–Trinajstić information content (AvgIpc) is 2.84. The minimum Gasteiger partial charge on any atom is -0.342 e. The molecule has 1 aromatic heterocycles. The predicted octanol–water partition coefficient (Wildman–Crippen LogP) is 1.24. The Labute approximate surface area is 132 Å². The summed E-state index contributed by atoms with van der Waals surface area (Å²) < 4.78 is 12.9. The summed E-state index contributed by atoms with van der Waals surface area (Å²) in [5.74, 6) is -0.752. The van der Waals surface area contributed by atoms with E-state index in [1.807, 2.05) is 13.8 Å². The van der Waals surface area contributed by atoms with Crippen molar-refractivity contribution in [3.8, 4) is 0 Å². The fourth-order valence-electron chi connectivity index (χ4n) is 2.63. The number of carbonyl (C=O) groups is 2. The first kappa shape index (κ1) is 15.2. The number of carbonyl (C=O) groups excluding carboxylic acids is 2. The number of nitrogens with one attached hydrogen (secondary N) is 2. The predicted molar refractivity (Wildman–Crippen MR) is 82.4 cm³/mol. The molecule has 2 aromatic rings. The Bertz CT molecular complexity index is 734. The number of hydrogen-bond acceptors (Lipinski definition) is 3. The molecule has 0 saturated carbocycles. The number of benzene rings is 1. The summed E-state index contributed by atoms with van der Waals surface area (Å²) in [4.78, 5) is 25.7. The summed E-state index contributed by atoms with van der Waals surface area (Å²) in [6, 6.07) is 5.17. The van der Waals surface area contributed by atoms with E-state index < -0.39 is 6.04 Å². The highest BCUT2D eigenvalue weighted by molar-refractivity contribution is 6.05. The molecule has 3 rings (SSSR count). The van der Waals surface area contributed by atoms with Crippen LogP contribution in [-0.2, 0) is 16.0 Å². The second-order valence-electron chi connectivity index (χ2n) is 5.63. The molecule has 23 heavy (non-hydrogen) atoms. The Kier molecular flexibility index (Phi) is 3.85. The highest BCUT2D eigenvalue weighted by Crippen LogP contribution is 2.22. The van der Waals surface area contributed by atoms with E-state index in [-0.39, 0.29) is 24.1 Å². The van der Waals surface area contributed by atoms with E-state index in [2.05, 4.69) is 15.5 Å². The summed E-state index contributed by atoms with van der Waals surface area (Å²) in [7, 11) is 0. The van der Waals surface area contributed by atoms with Gasteiger partial charge in [0.25, 0.3) is 5.91 Å². The number of aromatic amines is 1. The van der Waals surface area contributed by atoms with Crippen LogP contribution >= 0.6 is 0 Å². The Hall–Kier alpha value is -2.70. The Morgan fingerprint density at radius 1 is 1.39 bits per heavy atom. The lowest BCUT2D eigenvalue weighted by Crippen LogP contribution is -2.64. The molecule has 7 heteroatoms. The first-order valence-corrected chi connectivity index (χ1v) is 7.32. The number of anilines is 1. The topological polar surface area (TPSA) is 78.1 Å². The van der Waals surface area contributed by atoms with E-state index in [9.17, 15) is 14.0 Å². The van der Waals surface area contributed by atoms with Crippen molar-refractivity contribution < 1.29 is 14.0 Å². The van der Waals surface area contributed by atoms with Crippen LogP contribution in [0.2, 0.25) is 0 Å². The minimum absolute atomic E-state index is 0.189. The van der Waals surface area contributed by atoms with Gasteiger partial charge in [-0.15, -0.1) is 0 Å². The van der Waals surface area contributed by atoms with Gasteiger partial charge in [-0.05, 0) is 38.1 Å². The molecule has 2 heterocycles. The lowest BCUT2D eigenvalue weighted by Gasteiger charge is -2.38. The van der Waals surface area contributed by atoms with E-state index in [4.69, 9.17) is 0 Å². The molecule has 0 bridgehead atoms. The van der Waals surface area contributed by atoms with Crippen LogP contribution in [0.4, 0.5) is 10.1 Å². The molecule has 1 aliphatic rings. The van der Waals surface area contributed by atoms with Crippen molar-refractivity contribution in [2.24, 2.45) is 0 Å². The van der Waals surface area contributed by atoms with Gasteiger partial charge in [-0.25, -0.2) is 4.39 Å². The number of nitrogens with zero attached hydrogens (tertiary/aromatic N) is 2. The van der Waals surface area contributed by atoms with Crippen molar-refractivity contribution in [3.63, 3.8) is 0 Å². The van der Waals surface area contributed by atoms with Gasteiger partial charge in [-0.3, -0.25) is 14.7 Å². The standard InChI is InChI=1S/C16H17FN4O2/c1-9-13(10(2)20-19-9)7-15(22)18-14-8-21(16(14)23)12-5-3-11(17)4-6-12/h3-6,14H,7-8H2,1-2H3,(H,18,22)(H,19,20)/t14-/m1/s1. The van der Waals surface area contributed by atoms with Crippen molar-refractivity contribution in [3.05, 3.63) is 47.0 Å². The van der Waals surface area contributed by atoms with Gasteiger partial charge >= 0.3 is 0 Å². The van der Waals surface area contributed by atoms with Gasteiger partial charge in [-0.2, -0.15) is 5.10 Å². The summed E-state index contributed by atoms with van der Waals surface area (Å²) in [5.41, 5.74) is 3.11. The summed E-state index contributed by atoms with van der Waals surface area (Å²) >= 11 is 0. The zero-order valence-corrected chi connectivity index (χ0v) is 12.9. The highest BCUT2D eigenvalue weighted by Gasteiger charge is 2.38. The quantitative estimate of drug-likeness (QED) is 0.833. The van der Waals surface area contributed by atoms with Crippen LogP contribution in [0.25, 0.3) is 0 Å². The summed E-state index contributed by atoms with van der Waals surface area (Å²) in [6.07, 6.45) is 0.189. The van der Waals surface area contributed by atoms with E-state index in [1.165, 1.54) is 17.0 Å². The number of amides is 2. The van der Waals surface area contributed by atoms with Crippen LogP contribution in [0.5, 0.6) is 0 Å². The third kappa shape index (κ3) is 2.94. The first-order chi connectivity index (χ1) is 11.0. The molecule has 1 saturated heterocycles. The largest absolute Gasteiger partial charge is 0.342 e. The van der Waals surface area contributed by atoms with Gasteiger partial charge in [0.15, 0.2) is 0 Å². The van der Waals surface area contributed by atoms with Gasteiger partial charge in [0, 0.05) is 16.9 Å². The van der Waals surface area contributed by atoms with Crippen LogP contribution in [0.3, 0.4) is 0 Å². The lowest BCUT2D eigenvalue weighted by molar-refractivity contribution is -0.130. The molecule has 1 aromatic carbocycles. The number of H-pyrrole nitrogens is 1. The van der Waals surface area contributed by atoms with E-state index in [0.717, 1.165) is 17.0 Å². The molecular formula is C16H17FN4O2. The van der Waals surface area contributed by atoms with Gasteiger partial charge in [-0.1, -0.05) is 0 Å². The smallest absolute Gasteiger partial charge is 0.251 e. The number of rotatable bonds is 4. The van der Waals surface area contributed by atoms with Crippen LogP contribution < -0.4 is 10.2 Å². The van der Waals surface area contributed by atoms with Crippen molar-refractivity contribution in [2.45, 2.75) is 26.3 Å². The van der Waals surface area contributed by atoms with Crippen LogP contribution in [0.15, 0.2) is 24.3 Å². The SMILES string of the molecule is Cc1n[nH]c(C)c1CC(=O)N[C@@H]1CN(c2ccc(F)cc2)C1=O. The van der Waals surface area contributed by atoms with Crippen LogP contribution in [-0.4, -0.2) is 34.6 Å². The number of β-lactam (4-membered cyclic amide) rings is 1. The second kappa shape index (κ2) is 5.83. The molecule has 1 fully saturated rings. The second-order valence-corrected chi connectivity index (χ2v) is 5.63. The number of halogens is 1.